The first kappa shape index (κ1) is 24.4. The Bertz CT molecular complexity index is 682. The highest BCUT2D eigenvalue weighted by Gasteiger charge is 2.47. The summed E-state index contributed by atoms with van der Waals surface area (Å²) >= 11 is 0. The summed E-state index contributed by atoms with van der Waals surface area (Å²) in [6, 6.07) is 0. The third-order valence-electron chi connectivity index (χ3n) is 5.35. The van der Waals surface area contributed by atoms with Gasteiger partial charge < -0.3 is 13.9 Å². The van der Waals surface area contributed by atoms with Gasteiger partial charge in [-0.15, -0.1) is 0 Å². The Morgan fingerprint density at radius 2 is 1.89 bits per heavy atom. The maximum absolute atomic E-state index is 12.9. The largest absolute Gasteiger partial charge is 0.478 e. The molecule has 0 saturated carbocycles. The number of allylic oxidation sites excluding steroid dienone is 3. The van der Waals surface area contributed by atoms with Crippen LogP contribution >= 0.6 is 0 Å². The number of ketones is 1. The van der Waals surface area contributed by atoms with E-state index in [1.165, 1.54) is 7.11 Å². The Labute approximate surface area is 170 Å². The van der Waals surface area contributed by atoms with E-state index in [1.54, 1.807) is 19.1 Å². The molecule has 6 heteroatoms. The molecule has 0 saturated heterocycles. The summed E-state index contributed by atoms with van der Waals surface area (Å²) in [7, 11) is -0.714. The lowest BCUT2D eigenvalue weighted by atomic mass is 9.95. The molecule has 0 spiro atoms. The summed E-state index contributed by atoms with van der Waals surface area (Å²) in [5.41, 5.74) is -1.23. The van der Waals surface area contributed by atoms with Crippen LogP contribution in [0.1, 0.15) is 54.4 Å². The predicted octanol–water partition coefficient (Wildman–Crippen LogP) is 5.09. The van der Waals surface area contributed by atoms with Crippen molar-refractivity contribution in [3.63, 3.8) is 0 Å². The highest BCUT2D eigenvalue weighted by Crippen LogP contribution is 2.39. The second-order valence-electron chi connectivity index (χ2n) is 8.92. The fraction of sp³-hybridized carbons (Fsp3) is 0.636. The van der Waals surface area contributed by atoms with Gasteiger partial charge in [-0.25, -0.2) is 4.79 Å². The summed E-state index contributed by atoms with van der Waals surface area (Å²) in [6.07, 6.45) is 8.34. The fourth-order valence-electron chi connectivity index (χ4n) is 2.73. The van der Waals surface area contributed by atoms with Crippen molar-refractivity contribution in [3.8, 4) is 0 Å². The van der Waals surface area contributed by atoms with E-state index in [1.807, 2.05) is 26.0 Å². The molecule has 5 nitrogen and oxygen atoms in total. The van der Waals surface area contributed by atoms with Crippen molar-refractivity contribution < 1.29 is 23.5 Å². The molecule has 2 atom stereocenters. The van der Waals surface area contributed by atoms with Gasteiger partial charge in [-0.2, -0.15) is 0 Å². The van der Waals surface area contributed by atoms with Crippen LogP contribution in [-0.2, 0) is 23.5 Å². The summed E-state index contributed by atoms with van der Waals surface area (Å²) in [5, 5.41) is 0.0655. The quantitative estimate of drug-likeness (QED) is 0.242. The maximum Gasteiger partial charge on any atom is 0.345 e. The van der Waals surface area contributed by atoms with Gasteiger partial charge in [-0.3, -0.25) is 4.79 Å². The van der Waals surface area contributed by atoms with Crippen LogP contribution in [0.3, 0.4) is 0 Å². The van der Waals surface area contributed by atoms with E-state index in [-0.39, 0.29) is 22.5 Å². The minimum absolute atomic E-state index is 0.0141. The van der Waals surface area contributed by atoms with Crippen LogP contribution < -0.4 is 0 Å². The second-order valence-corrected chi connectivity index (χ2v) is 13.7. The molecule has 0 bridgehead atoms. The minimum Gasteiger partial charge on any atom is -0.478 e. The van der Waals surface area contributed by atoms with Gasteiger partial charge >= 0.3 is 5.97 Å². The first-order valence-electron chi connectivity index (χ1n) is 9.86. The van der Waals surface area contributed by atoms with Gasteiger partial charge in [0.2, 0.25) is 5.78 Å². The molecule has 0 unspecified atom stereocenters. The standard InChI is InChI=1S/C22H36O5Si/c1-10-11-12-13-14-22(6)19(23)18(20(24)25-7)17(26-22)15-16(2)27-28(8,9)21(3,4)5/h11-14,16H,10,15H2,1-9H3/b12-11+,14-13+/t16-,22+/m1/s1. The number of Topliss-reactive ketones (excluding diaryl/α,β-unsaturated/α-hetero) is 1. The molecule has 158 valence electrons. The zero-order valence-corrected chi connectivity index (χ0v) is 19.8. The molecule has 0 fully saturated rings. The van der Waals surface area contributed by atoms with Crippen LogP contribution in [0, 0.1) is 0 Å². The van der Waals surface area contributed by atoms with E-state index in [0.717, 1.165) is 6.42 Å². The Kier molecular flexibility index (Phi) is 8.03. The number of hydrogen-bond acceptors (Lipinski definition) is 5. The van der Waals surface area contributed by atoms with Gasteiger partial charge in [0, 0.05) is 12.5 Å². The topological polar surface area (TPSA) is 61.8 Å². The van der Waals surface area contributed by atoms with E-state index < -0.39 is 19.9 Å². The molecule has 1 aliphatic rings. The zero-order chi connectivity index (χ0) is 21.8. The van der Waals surface area contributed by atoms with Crippen molar-refractivity contribution >= 4 is 20.1 Å². The molecule has 0 amide bonds. The first-order valence-corrected chi connectivity index (χ1v) is 12.8. The number of carbonyl (C=O) groups is 2. The zero-order valence-electron chi connectivity index (χ0n) is 18.8. The van der Waals surface area contributed by atoms with Crippen molar-refractivity contribution in [3.05, 3.63) is 35.6 Å². The number of carbonyl (C=O) groups excluding carboxylic acids is 2. The van der Waals surface area contributed by atoms with E-state index in [9.17, 15) is 9.59 Å². The fourth-order valence-corrected chi connectivity index (χ4v) is 4.17. The summed E-state index contributed by atoms with van der Waals surface area (Å²) in [5.74, 6) is -0.703. The van der Waals surface area contributed by atoms with Crippen LogP contribution in [0.25, 0.3) is 0 Å². The van der Waals surface area contributed by atoms with Crippen molar-refractivity contribution in [2.24, 2.45) is 0 Å². The second kappa shape index (κ2) is 9.22. The van der Waals surface area contributed by atoms with Gasteiger partial charge in [-0.05, 0) is 44.5 Å². The smallest absolute Gasteiger partial charge is 0.345 e. The lowest BCUT2D eigenvalue weighted by molar-refractivity contribution is -0.138. The molecule has 0 aromatic rings. The summed E-state index contributed by atoms with van der Waals surface area (Å²) in [6.45, 7) is 16.5. The van der Waals surface area contributed by atoms with Crippen molar-refractivity contribution in [1.29, 1.82) is 0 Å². The molecule has 28 heavy (non-hydrogen) atoms. The maximum atomic E-state index is 12.9. The minimum atomic E-state index is -1.98. The molecule has 0 aliphatic carbocycles. The summed E-state index contributed by atoms with van der Waals surface area (Å²) < 4.78 is 17.2. The Morgan fingerprint density at radius 1 is 1.29 bits per heavy atom. The predicted molar refractivity (Wildman–Crippen MR) is 114 cm³/mol. The molecule has 1 aliphatic heterocycles. The van der Waals surface area contributed by atoms with Crippen LogP contribution in [0.5, 0.6) is 0 Å². The molecular weight excluding hydrogens is 372 g/mol. The van der Waals surface area contributed by atoms with E-state index >= 15 is 0 Å². The van der Waals surface area contributed by atoms with Crippen LogP contribution in [0.2, 0.25) is 18.1 Å². The lowest BCUT2D eigenvalue weighted by Gasteiger charge is -2.38. The average molecular weight is 409 g/mol. The number of hydrogen-bond donors (Lipinski definition) is 0. The van der Waals surface area contributed by atoms with Crippen LogP contribution in [-0.4, -0.2) is 38.9 Å². The number of rotatable bonds is 8. The molecule has 0 N–H and O–H groups in total. The number of ether oxygens (including phenoxy) is 2. The van der Waals surface area contributed by atoms with Crippen molar-refractivity contribution in [2.75, 3.05) is 7.11 Å². The van der Waals surface area contributed by atoms with Crippen molar-refractivity contribution in [2.45, 2.75) is 84.2 Å². The van der Waals surface area contributed by atoms with E-state index in [2.05, 4.69) is 33.9 Å². The van der Waals surface area contributed by atoms with Gasteiger partial charge in [0.05, 0.1) is 7.11 Å². The number of methoxy groups -OCH3 is 1. The SMILES string of the molecule is CC/C=C/C=C/[C@]1(C)OC(C[C@@H](C)O[Si](C)(C)C(C)(C)C)=C(C(=O)OC)C1=O. The van der Waals surface area contributed by atoms with Crippen molar-refractivity contribution in [1.82, 2.24) is 0 Å². The van der Waals surface area contributed by atoms with E-state index in [4.69, 9.17) is 13.9 Å². The highest BCUT2D eigenvalue weighted by atomic mass is 28.4. The molecular formula is C22H36O5Si. The average Bonchev–Trinajstić information content (AvgIpc) is 2.80. The van der Waals surface area contributed by atoms with Gasteiger partial charge in [0.1, 0.15) is 11.3 Å². The first-order chi connectivity index (χ1) is 12.8. The summed E-state index contributed by atoms with van der Waals surface area (Å²) in [4.78, 5) is 25.2. The Hall–Kier alpha value is -1.66. The molecule has 1 heterocycles. The van der Waals surface area contributed by atoms with Gasteiger partial charge in [0.25, 0.3) is 0 Å². The lowest BCUT2D eigenvalue weighted by Crippen LogP contribution is -2.43. The molecule has 1 rings (SSSR count). The normalized spacial score (nSPS) is 22.2. The van der Waals surface area contributed by atoms with Crippen LogP contribution in [0.15, 0.2) is 35.6 Å². The Morgan fingerprint density at radius 3 is 2.39 bits per heavy atom. The molecule has 0 aromatic heterocycles. The molecule has 0 radical (unpaired) electrons. The van der Waals surface area contributed by atoms with Gasteiger partial charge in [0.15, 0.2) is 13.9 Å². The monoisotopic (exact) mass is 408 g/mol. The van der Waals surface area contributed by atoms with Gasteiger partial charge in [-0.1, -0.05) is 45.9 Å². The Balaban J connectivity index is 3.10. The van der Waals surface area contributed by atoms with Crippen LogP contribution in [0.4, 0.5) is 0 Å². The third-order valence-corrected chi connectivity index (χ3v) is 9.96. The highest BCUT2D eigenvalue weighted by molar-refractivity contribution is 6.74. The third kappa shape index (κ3) is 5.67. The molecule has 0 aromatic carbocycles. The van der Waals surface area contributed by atoms with E-state index in [0.29, 0.717) is 12.2 Å². The number of esters is 1.